The highest BCUT2D eigenvalue weighted by Crippen LogP contribution is 2.09. The second-order valence-electron chi connectivity index (χ2n) is 5.05. The standard InChI is InChI=1S/C18H22N2O2/c1-22-14-17-10-6-5-9-16(17)13-20-18(21)19-12-11-15-7-3-2-4-8-15/h2-10H,11-14H2,1H3,(H2,19,20,21). The second kappa shape index (κ2) is 8.85. The van der Waals surface area contributed by atoms with Crippen LogP contribution in [0.25, 0.3) is 0 Å². The van der Waals surface area contributed by atoms with E-state index in [-0.39, 0.29) is 6.03 Å². The molecule has 0 heterocycles. The Hall–Kier alpha value is -2.33. The first-order valence-electron chi connectivity index (χ1n) is 7.41. The highest BCUT2D eigenvalue weighted by Gasteiger charge is 2.04. The van der Waals surface area contributed by atoms with E-state index >= 15 is 0 Å². The number of rotatable bonds is 7. The van der Waals surface area contributed by atoms with Crippen LogP contribution in [-0.4, -0.2) is 19.7 Å². The number of carbonyl (C=O) groups is 1. The van der Waals surface area contributed by atoms with Gasteiger partial charge in [0.25, 0.3) is 0 Å². The quantitative estimate of drug-likeness (QED) is 0.826. The van der Waals surface area contributed by atoms with E-state index in [4.69, 9.17) is 4.74 Å². The molecule has 4 heteroatoms. The van der Waals surface area contributed by atoms with Gasteiger partial charge in [0.1, 0.15) is 0 Å². The number of urea groups is 1. The van der Waals surface area contributed by atoms with Crippen molar-refractivity contribution in [1.82, 2.24) is 10.6 Å². The summed E-state index contributed by atoms with van der Waals surface area (Å²) in [5.74, 6) is 0. The fourth-order valence-electron chi connectivity index (χ4n) is 2.23. The van der Waals surface area contributed by atoms with Crippen LogP contribution < -0.4 is 10.6 Å². The number of methoxy groups -OCH3 is 1. The summed E-state index contributed by atoms with van der Waals surface area (Å²) in [4.78, 5) is 11.8. The Balaban J connectivity index is 1.74. The van der Waals surface area contributed by atoms with Crippen molar-refractivity contribution in [3.8, 4) is 0 Å². The average Bonchev–Trinajstić information content (AvgIpc) is 2.55. The molecule has 0 saturated heterocycles. The van der Waals surface area contributed by atoms with E-state index in [0.717, 1.165) is 17.5 Å². The van der Waals surface area contributed by atoms with Gasteiger partial charge in [-0.05, 0) is 23.1 Å². The first-order valence-corrected chi connectivity index (χ1v) is 7.41. The lowest BCUT2D eigenvalue weighted by Gasteiger charge is -2.11. The van der Waals surface area contributed by atoms with Crippen LogP contribution in [0.15, 0.2) is 54.6 Å². The topological polar surface area (TPSA) is 50.4 Å². The molecule has 2 aromatic rings. The molecule has 116 valence electrons. The third-order valence-electron chi connectivity index (χ3n) is 3.40. The predicted octanol–water partition coefficient (Wildman–Crippen LogP) is 2.87. The zero-order valence-electron chi connectivity index (χ0n) is 12.8. The lowest BCUT2D eigenvalue weighted by atomic mass is 10.1. The number of hydrogen-bond acceptors (Lipinski definition) is 2. The van der Waals surface area contributed by atoms with Gasteiger partial charge >= 0.3 is 6.03 Å². The number of benzene rings is 2. The minimum atomic E-state index is -0.150. The molecular weight excluding hydrogens is 276 g/mol. The molecule has 2 N–H and O–H groups in total. The fraction of sp³-hybridized carbons (Fsp3) is 0.278. The van der Waals surface area contributed by atoms with Crippen LogP contribution in [0, 0.1) is 0 Å². The Labute approximate surface area is 131 Å². The van der Waals surface area contributed by atoms with Gasteiger partial charge in [0.15, 0.2) is 0 Å². The molecule has 2 rings (SSSR count). The van der Waals surface area contributed by atoms with Crippen molar-refractivity contribution in [3.05, 3.63) is 71.3 Å². The van der Waals surface area contributed by atoms with Crippen molar-refractivity contribution < 1.29 is 9.53 Å². The molecular formula is C18H22N2O2. The number of hydrogen-bond donors (Lipinski definition) is 2. The molecule has 0 unspecified atom stereocenters. The first-order chi connectivity index (χ1) is 10.8. The van der Waals surface area contributed by atoms with E-state index in [1.165, 1.54) is 5.56 Å². The summed E-state index contributed by atoms with van der Waals surface area (Å²) in [7, 11) is 1.67. The molecule has 0 aromatic heterocycles. The summed E-state index contributed by atoms with van der Waals surface area (Å²) in [6, 6.07) is 17.9. The summed E-state index contributed by atoms with van der Waals surface area (Å²) < 4.78 is 5.16. The molecule has 0 radical (unpaired) electrons. The van der Waals surface area contributed by atoms with Gasteiger partial charge < -0.3 is 15.4 Å². The monoisotopic (exact) mass is 298 g/mol. The van der Waals surface area contributed by atoms with E-state index in [9.17, 15) is 4.79 Å². The molecule has 0 bridgehead atoms. The zero-order chi connectivity index (χ0) is 15.6. The highest BCUT2D eigenvalue weighted by atomic mass is 16.5. The van der Waals surface area contributed by atoms with Crippen LogP contribution in [0.3, 0.4) is 0 Å². The van der Waals surface area contributed by atoms with Crippen molar-refractivity contribution in [2.24, 2.45) is 0 Å². The maximum absolute atomic E-state index is 11.8. The molecule has 4 nitrogen and oxygen atoms in total. The smallest absolute Gasteiger partial charge is 0.315 e. The Kier molecular flexibility index (Phi) is 6.45. The summed E-state index contributed by atoms with van der Waals surface area (Å²) >= 11 is 0. The van der Waals surface area contributed by atoms with Gasteiger partial charge in [-0.3, -0.25) is 0 Å². The molecule has 2 aromatic carbocycles. The minimum absolute atomic E-state index is 0.150. The summed E-state index contributed by atoms with van der Waals surface area (Å²) in [5.41, 5.74) is 3.38. The van der Waals surface area contributed by atoms with Gasteiger partial charge in [-0.25, -0.2) is 4.79 Å². The largest absolute Gasteiger partial charge is 0.380 e. The predicted molar refractivity (Wildman–Crippen MR) is 87.5 cm³/mol. The van der Waals surface area contributed by atoms with E-state index < -0.39 is 0 Å². The van der Waals surface area contributed by atoms with Crippen LogP contribution in [0.1, 0.15) is 16.7 Å². The zero-order valence-corrected chi connectivity index (χ0v) is 12.8. The van der Waals surface area contributed by atoms with Crippen molar-refractivity contribution in [1.29, 1.82) is 0 Å². The maximum atomic E-state index is 11.8. The molecule has 2 amide bonds. The first kappa shape index (κ1) is 16.0. The van der Waals surface area contributed by atoms with E-state index in [1.807, 2.05) is 42.5 Å². The normalized spacial score (nSPS) is 10.2. The van der Waals surface area contributed by atoms with Gasteiger partial charge in [0.05, 0.1) is 6.61 Å². The number of nitrogens with one attached hydrogen (secondary N) is 2. The third kappa shape index (κ3) is 5.22. The molecule has 22 heavy (non-hydrogen) atoms. The number of carbonyl (C=O) groups excluding carboxylic acids is 1. The summed E-state index contributed by atoms with van der Waals surface area (Å²) in [6.45, 7) is 1.67. The Morgan fingerprint density at radius 3 is 2.36 bits per heavy atom. The van der Waals surface area contributed by atoms with E-state index in [1.54, 1.807) is 7.11 Å². The van der Waals surface area contributed by atoms with Crippen molar-refractivity contribution in [2.75, 3.05) is 13.7 Å². The second-order valence-corrected chi connectivity index (χ2v) is 5.05. The summed E-state index contributed by atoms with van der Waals surface area (Å²) in [6.07, 6.45) is 0.828. The van der Waals surface area contributed by atoms with Gasteiger partial charge in [0.2, 0.25) is 0 Å². The molecule has 0 aliphatic heterocycles. The van der Waals surface area contributed by atoms with Crippen LogP contribution in [0.4, 0.5) is 4.79 Å². The minimum Gasteiger partial charge on any atom is -0.380 e. The van der Waals surface area contributed by atoms with Crippen molar-refractivity contribution >= 4 is 6.03 Å². The van der Waals surface area contributed by atoms with Crippen molar-refractivity contribution in [2.45, 2.75) is 19.6 Å². The van der Waals surface area contributed by atoms with Crippen LogP contribution in [0.5, 0.6) is 0 Å². The maximum Gasteiger partial charge on any atom is 0.315 e. The van der Waals surface area contributed by atoms with Gasteiger partial charge in [-0.15, -0.1) is 0 Å². The molecule has 0 aliphatic carbocycles. The molecule has 0 saturated carbocycles. The third-order valence-corrected chi connectivity index (χ3v) is 3.40. The van der Waals surface area contributed by atoms with Gasteiger partial charge in [-0.1, -0.05) is 54.6 Å². The molecule has 0 spiro atoms. The SMILES string of the molecule is COCc1ccccc1CNC(=O)NCCc1ccccc1. The molecule has 0 fully saturated rings. The highest BCUT2D eigenvalue weighted by molar-refractivity contribution is 5.73. The number of amides is 2. The fourth-order valence-corrected chi connectivity index (χ4v) is 2.23. The Bertz CT molecular complexity index is 585. The van der Waals surface area contributed by atoms with Gasteiger partial charge in [0, 0.05) is 20.2 Å². The average molecular weight is 298 g/mol. The lowest BCUT2D eigenvalue weighted by molar-refractivity contribution is 0.184. The number of ether oxygens (including phenoxy) is 1. The molecule has 0 atom stereocenters. The van der Waals surface area contributed by atoms with Crippen LogP contribution >= 0.6 is 0 Å². The van der Waals surface area contributed by atoms with Crippen LogP contribution in [0.2, 0.25) is 0 Å². The van der Waals surface area contributed by atoms with Gasteiger partial charge in [-0.2, -0.15) is 0 Å². The van der Waals surface area contributed by atoms with Crippen molar-refractivity contribution in [3.63, 3.8) is 0 Å². The lowest BCUT2D eigenvalue weighted by Crippen LogP contribution is -2.36. The van der Waals surface area contributed by atoms with Crippen LogP contribution in [-0.2, 0) is 24.3 Å². The summed E-state index contributed by atoms with van der Waals surface area (Å²) in [5, 5.41) is 5.75. The Morgan fingerprint density at radius 1 is 0.955 bits per heavy atom. The Morgan fingerprint density at radius 2 is 1.64 bits per heavy atom. The molecule has 0 aliphatic rings. The van der Waals surface area contributed by atoms with E-state index in [0.29, 0.717) is 19.7 Å². The van der Waals surface area contributed by atoms with E-state index in [2.05, 4.69) is 22.8 Å².